The number of thioether (sulfide) groups is 1. The van der Waals surface area contributed by atoms with Crippen LogP contribution in [0.4, 0.5) is 5.13 Å². The average molecular weight is 825 g/mol. The van der Waals surface area contributed by atoms with Crippen molar-refractivity contribution >= 4 is 57.7 Å². The quantitative estimate of drug-likeness (QED) is 0.0337. The lowest BCUT2D eigenvalue weighted by Crippen LogP contribution is -2.71. The number of hydrogen-bond acceptors (Lipinski definition) is 12. The van der Waals surface area contributed by atoms with Crippen LogP contribution >= 0.6 is 23.1 Å². The van der Waals surface area contributed by atoms with Gasteiger partial charge in [-0.2, -0.15) is 0 Å². The van der Waals surface area contributed by atoms with Crippen molar-refractivity contribution in [1.29, 1.82) is 0 Å². The zero-order valence-electron chi connectivity index (χ0n) is 33.3. The molecule has 15 heteroatoms. The molecule has 58 heavy (non-hydrogen) atoms. The third kappa shape index (κ3) is 8.66. The van der Waals surface area contributed by atoms with Crippen molar-refractivity contribution in [3.63, 3.8) is 0 Å². The van der Waals surface area contributed by atoms with E-state index in [1.165, 1.54) is 34.9 Å². The van der Waals surface area contributed by atoms with Gasteiger partial charge in [0.15, 0.2) is 10.8 Å². The monoisotopic (exact) mass is 824 g/mol. The number of esters is 1. The number of hydrogen-bond donors (Lipinski definition) is 4. The molecule has 4 N–H and O–H groups in total. The fourth-order valence-corrected chi connectivity index (χ4v) is 8.77. The molecule has 1 fully saturated rings. The zero-order valence-corrected chi connectivity index (χ0v) is 34.9. The lowest BCUT2D eigenvalue weighted by molar-refractivity contribution is -0.182. The van der Waals surface area contributed by atoms with Gasteiger partial charge in [-0.3, -0.25) is 14.5 Å². The number of anilines is 1. The number of amides is 2. The van der Waals surface area contributed by atoms with Crippen molar-refractivity contribution in [2.75, 3.05) is 24.2 Å². The number of aromatic nitrogens is 1. The number of likely N-dealkylation sites (N-methyl/N-ethyl adjacent to an activating group) is 1. The van der Waals surface area contributed by atoms with Gasteiger partial charge in [0.05, 0.1) is 0 Å². The molecule has 6 rings (SSSR count). The Morgan fingerprint density at radius 2 is 1.48 bits per heavy atom. The van der Waals surface area contributed by atoms with Crippen molar-refractivity contribution in [3.05, 3.63) is 130 Å². The minimum atomic E-state index is -1.58. The second-order valence-corrected chi connectivity index (χ2v) is 17.0. The number of oxime groups is 1. The first kappa shape index (κ1) is 42.1. The van der Waals surface area contributed by atoms with Gasteiger partial charge in [-0.25, -0.2) is 14.6 Å². The van der Waals surface area contributed by atoms with Crippen molar-refractivity contribution < 1.29 is 33.9 Å². The van der Waals surface area contributed by atoms with Crippen LogP contribution in [0.15, 0.2) is 113 Å². The van der Waals surface area contributed by atoms with Gasteiger partial charge >= 0.3 is 11.9 Å². The van der Waals surface area contributed by atoms with Crippen molar-refractivity contribution in [2.24, 2.45) is 5.16 Å². The number of fused-ring (bicyclic) bond motifs is 1. The van der Waals surface area contributed by atoms with E-state index in [0.29, 0.717) is 29.5 Å². The highest BCUT2D eigenvalue weighted by atomic mass is 32.2. The molecule has 1 aromatic heterocycles. The molecule has 0 saturated carbocycles. The maximum absolute atomic E-state index is 14.3. The van der Waals surface area contributed by atoms with Crippen molar-refractivity contribution in [3.8, 4) is 0 Å². The topological polar surface area (TPSA) is 172 Å². The lowest BCUT2D eigenvalue weighted by Gasteiger charge is -2.49. The summed E-state index contributed by atoms with van der Waals surface area (Å²) in [7, 11) is 0. The zero-order chi connectivity index (χ0) is 41.7. The number of carbonyl (C=O) groups is 4. The molecule has 3 heterocycles. The number of rotatable bonds is 16. The van der Waals surface area contributed by atoms with Crippen LogP contribution in [-0.2, 0) is 34.3 Å². The molecule has 2 aliphatic rings. The smallest absolute Gasteiger partial charge is 0.353 e. The van der Waals surface area contributed by atoms with Crippen LogP contribution < -0.4 is 16.0 Å². The number of β-lactam (4-membered cyclic amide) rings is 1. The fourth-order valence-electron chi connectivity index (χ4n) is 6.67. The van der Waals surface area contributed by atoms with E-state index >= 15 is 0 Å². The Kier molecular flexibility index (Phi) is 12.7. The third-order valence-corrected chi connectivity index (χ3v) is 11.9. The number of benzene rings is 3. The van der Waals surface area contributed by atoms with Crippen LogP contribution in [0.3, 0.4) is 0 Å². The second-order valence-electron chi connectivity index (χ2n) is 15.0. The maximum Gasteiger partial charge on any atom is 0.353 e. The summed E-state index contributed by atoms with van der Waals surface area (Å²) >= 11 is 2.60. The number of ether oxygens (including phenoxy) is 1. The molecular weight excluding hydrogens is 777 g/mol. The Balaban J connectivity index is 1.38. The summed E-state index contributed by atoms with van der Waals surface area (Å²) in [5, 5.41) is 25.4. The fraction of sp³-hybridized carbons (Fsp3) is 0.349. The number of carbonyl (C=O) groups excluding carboxylic acids is 3. The van der Waals surface area contributed by atoms with Gasteiger partial charge in [0.1, 0.15) is 33.9 Å². The summed E-state index contributed by atoms with van der Waals surface area (Å²) < 4.78 is 5.64. The summed E-state index contributed by atoms with van der Waals surface area (Å²) in [4.78, 5) is 65.7. The summed E-state index contributed by atoms with van der Waals surface area (Å²) in [5.41, 5.74) is -0.152. The highest BCUT2D eigenvalue weighted by molar-refractivity contribution is 8.00. The van der Waals surface area contributed by atoms with Gasteiger partial charge < -0.3 is 30.6 Å². The SMILES string of the molecule is CCNCC1=C(C(=O)O)N2C(=O)C(NC(=O)/C(=N\OC(C)(CC)C(=O)OC(C)(C)C)c3csc(NC(c4ccccc4)(c4ccccc4)c4ccccc4)n3)[C@@H]2SC1. The van der Waals surface area contributed by atoms with E-state index in [1.54, 1.807) is 33.1 Å². The summed E-state index contributed by atoms with van der Waals surface area (Å²) in [6, 6.07) is 28.8. The molecule has 2 amide bonds. The van der Waals surface area contributed by atoms with Crippen molar-refractivity contribution in [1.82, 2.24) is 20.5 Å². The molecule has 304 valence electrons. The second kappa shape index (κ2) is 17.5. The van der Waals surface area contributed by atoms with Gasteiger partial charge in [-0.05, 0) is 62.9 Å². The van der Waals surface area contributed by atoms with E-state index in [4.69, 9.17) is 14.6 Å². The van der Waals surface area contributed by atoms with Crippen LogP contribution in [0.25, 0.3) is 0 Å². The Bertz CT molecular complexity index is 2090. The van der Waals surface area contributed by atoms with Crippen LogP contribution in [0.1, 0.15) is 70.3 Å². The molecular formula is C43H48N6O7S2. The van der Waals surface area contributed by atoms with E-state index < -0.39 is 51.9 Å². The normalized spacial score (nSPS) is 18.1. The number of thiazole rings is 1. The molecule has 0 aliphatic carbocycles. The first-order valence-electron chi connectivity index (χ1n) is 19.0. The molecule has 3 atom stereocenters. The van der Waals surface area contributed by atoms with Crippen LogP contribution in [0, 0.1) is 0 Å². The number of nitrogens with zero attached hydrogens (tertiary/aromatic N) is 3. The Morgan fingerprint density at radius 1 is 0.914 bits per heavy atom. The summed E-state index contributed by atoms with van der Waals surface area (Å²) in [6.07, 6.45) is 0.159. The Labute approximate surface area is 346 Å². The van der Waals surface area contributed by atoms with E-state index in [1.807, 2.05) is 97.9 Å². The first-order valence-corrected chi connectivity index (χ1v) is 21.0. The van der Waals surface area contributed by atoms with E-state index in [0.717, 1.165) is 16.7 Å². The van der Waals surface area contributed by atoms with E-state index in [2.05, 4.69) is 21.1 Å². The van der Waals surface area contributed by atoms with Crippen LogP contribution in [-0.4, -0.2) is 85.9 Å². The highest BCUT2D eigenvalue weighted by Gasteiger charge is 2.54. The molecule has 2 aliphatic heterocycles. The lowest BCUT2D eigenvalue weighted by atomic mass is 9.77. The number of carboxylic acids is 1. The number of nitrogens with one attached hydrogen (secondary N) is 3. The van der Waals surface area contributed by atoms with Gasteiger partial charge in [0.25, 0.3) is 11.8 Å². The molecule has 0 radical (unpaired) electrons. The Morgan fingerprint density at radius 3 is 1.98 bits per heavy atom. The largest absolute Gasteiger partial charge is 0.477 e. The summed E-state index contributed by atoms with van der Waals surface area (Å²) in [6.45, 7) is 11.3. The molecule has 0 bridgehead atoms. The van der Waals surface area contributed by atoms with Crippen LogP contribution in [0.5, 0.6) is 0 Å². The highest BCUT2D eigenvalue weighted by Crippen LogP contribution is 2.42. The first-order chi connectivity index (χ1) is 27.7. The maximum atomic E-state index is 14.3. The molecule has 4 aromatic rings. The number of aliphatic carboxylic acids is 1. The Hall–Kier alpha value is -5.51. The molecule has 2 unspecified atom stereocenters. The molecule has 3 aromatic carbocycles. The third-order valence-electron chi connectivity index (χ3n) is 9.85. The van der Waals surface area contributed by atoms with E-state index in [9.17, 15) is 24.3 Å². The molecule has 1 saturated heterocycles. The average Bonchev–Trinajstić information content (AvgIpc) is 3.68. The predicted molar refractivity (Wildman–Crippen MR) is 225 cm³/mol. The van der Waals surface area contributed by atoms with E-state index in [-0.39, 0.29) is 23.5 Å². The minimum Gasteiger partial charge on any atom is -0.477 e. The molecule has 0 spiro atoms. The van der Waals surface area contributed by atoms with Gasteiger partial charge in [-0.15, -0.1) is 23.1 Å². The standard InChI is InChI=1S/C43H48N6O7S2/c1-7-42(6,39(54)55-41(3,4)5)56-48-32(35(50)46-33-36(51)49-34(38(52)53)27(24-44-8-2)25-57-37(33)49)31-26-58-40(45-31)47-43(28-18-12-9-13-19-28,29-20-14-10-15-21-29)30-22-16-11-17-23-30/h9-23,26,33,37,44H,7-8,24-25H2,1-6H3,(H,45,47)(H,46,50)(H,52,53)/b48-32-/t33?,37-,42?/m0/s1. The number of carboxylic acid groups (broad SMARTS) is 1. The summed E-state index contributed by atoms with van der Waals surface area (Å²) in [5.74, 6) is -2.89. The van der Waals surface area contributed by atoms with Gasteiger partial charge in [-0.1, -0.05) is 110 Å². The van der Waals surface area contributed by atoms with Gasteiger partial charge in [0, 0.05) is 17.7 Å². The van der Waals surface area contributed by atoms with Gasteiger partial charge in [0.2, 0.25) is 5.60 Å². The minimum absolute atomic E-state index is 0.0811. The molecule has 13 nitrogen and oxygen atoms in total. The van der Waals surface area contributed by atoms with Crippen LogP contribution in [0.2, 0.25) is 0 Å². The van der Waals surface area contributed by atoms with Crippen molar-refractivity contribution in [2.45, 2.75) is 76.1 Å². The predicted octanol–water partition coefficient (Wildman–Crippen LogP) is 6.13.